The second kappa shape index (κ2) is 5.96. The van der Waals surface area contributed by atoms with Crippen molar-refractivity contribution < 1.29 is 4.79 Å². The van der Waals surface area contributed by atoms with Gasteiger partial charge in [-0.15, -0.1) is 0 Å². The van der Waals surface area contributed by atoms with Crippen LogP contribution in [0.25, 0.3) is 11.1 Å². The van der Waals surface area contributed by atoms with Crippen LogP contribution in [0.15, 0.2) is 48.8 Å². The van der Waals surface area contributed by atoms with Gasteiger partial charge in [-0.1, -0.05) is 31.2 Å². The zero-order valence-electron chi connectivity index (χ0n) is 10.4. The minimum atomic E-state index is 0.0770. The molecule has 0 bridgehead atoms. The van der Waals surface area contributed by atoms with Gasteiger partial charge in [0.05, 0.1) is 0 Å². The molecule has 0 saturated heterocycles. The third-order valence-corrected chi connectivity index (χ3v) is 2.78. The van der Waals surface area contributed by atoms with Crippen LogP contribution < -0.4 is 5.32 Å². The molecule has 2 aromatic rings. The average Bonchev–Trinajstić information content (AvgIpc) is 2.46. The van der Waals surface area contributed by atoms with Gasteiger partial charge in [-0.25, -0.2) is 0 Å². The van der Waals surface area contributed by atoms with Crippen LogP contribution in [-0.4, -0.2) is 10.9 Å². The Kier molecular flexibility index (Phi) is 4.07. The number of hydrogen-bond acceptors (Lipinski definition) is 2. The molecule has 1 N–H and O–H groups in total. The Bertz CT molecular complexity index is 506. The average molecular weight is 240 g/mol. The summed E-state index contributed by atoms with van der Waals surface area (Å²) in [5, 5.41) is 2.86. The third kappa shape index (κ3) is 3.17. The smallest absolute Gasteiger partial charge is 0.219 e. The van der Waals surface area contributed by atoms with E-state index < -0.39 is 0 Å². The summed E-state index contributed by atoms with van der Waals surface area (Å²) < 4.78 is 0. The van der Waals surface area contributed by atoms with Gasteiger partial charge in [0.25, 0.3) is 0 Å². The molecule has 1 aromatic carbocycles. The number of aromatic nitrogens is 1. The Hall–Kier alpha value is -2.16. The van der Waals surface area contributed by atoms with Crippen molar-refractivity contribution >= 4 is 5.91 Å². The number of nitrogens with one attached hydrogen (secondary N) is 1. The Morgan fingerprint density at radius 1 is 1.06 bits per heavy atom. The molecule has 0 aliphatic heterocycles. The summed E-state index contributed by atoms with van der Waals surface area (Å²) in [5.74, 6) is 0.0770. The van der Waals surface area contributed by atoms with Crippen LogP contribution in [0.2, 0.25) is 0 Å². The lowest BCUT2D eigenvalue weighted by Gasteiger charge is -2.05. The molecule has 0 spiro atoms. The van der Waals surface area contributed by atoms with Gasteiger partial charge in [-0.3, -0.25) is 9.78 Å². The van der Waals surface area contributed by atoms with E-state index in [-0.39, 0.29) is 5.91 Å². The maximum atomic E-state index is 11.2. The molecule has 0 atom stereocenters. The summed E-state index contributed by atoms with van der Waals surface area (Å²) in [4.78, 5) is 15.2. The first-order chi connectivity index (χ1) is 8.79. The molecule has 0 unspecified atom stereocenters. The number of rotatable bonds is 4. The highest BCUT2D eigenvalue weighted by Gasteiger charge is 1.99. The van der Waals surface area contributed by atoms with Crippen molar-refractivity contribution in [2.24, 2.45) is 0 Å². The van der Waals surface area contributed by atoms with Crippen LogP contribution in [0.3, 0.4) is 0 Å². The number of carbonyl (C=O) groups excluding carboxylic acids is 1. The van der Waals surface area contributed by atoms with E-state index >= 15 is 0 Å². The van der Waals surface area contributed by atoms with Crippen LogP contribution in [-0.2, 0) is 11.3 Å². The molecule has 3 nitrogen and oxygen atoms in total. The lowest BCUT2D eigenvalue weighted by Crippen LogP contribution is -2.21. The maximum Gasteiger partial charge on any atom is 0.219 e. The fraction of sp³-hybridized carbons (Fsp3) is 0.200. The Labute approximate surface area is 107 Å². The molecule has 2 rings (SSSR count). The minimum absolute atomic E-state index is 0.0770. The van der Waals surface area contributed by atoms with E-state index in [1.807, 2.05) is 31.2 Å². The van der Waals surface area contributed by atoms with Crippen molar-refractivity contribution in [2.45, 2.75) is 19.9 Å². The molecule has 92 valence electrons. The molecular weight excluding hydrogens is 224 g/mol. The molecule has 18 heavy (non-hydrogen) atoms. The minimum Gasteiger partial charge on any atom is -0.352 e. The SMILES string of the molecule is CCC(=O)NCc1ccc(-c2ccncc2)cc1. The lowest BCUT2D eigenvalue weighted by atomic mass is 10.1. The van der Waals surface area contributed by atoms with Gasteiger partial charge < -0.3 is 5.32 Å². The second-order valence-corrected chi connectivity index (χ2v) is 4.06. The van der Waals surface area contributed by atoms with Crippen LogP contribution in [0, 0.1) is 0 Å². The lowest BCUT2D eigenvalue weighted by molar-refractivity contribution is -0.120. The molecule has 0 saturated carbocycles. The Balaban J connectivity index is 2.04. The number of benzene rings is 1. The van der Waals surface area contributed by atoms with Gasteiger partial charge in [0.15, 0.2) is 0 Å². The monoisotopic (exact) mass is 240 g/mol. The standard InChI is InChI=1S/C15H16N2O/c1-2-15(18)17-11-12-3-5-13(6-4-12)14-7-9-16-10-8-14/h3-10H,2,11H2,1H3,(H,17,18). The normalized spacial score (nSPS) is 10.1. The van der Waals surface area contributed by atoms with Gasteiger partial charge in [0.2, 0.25) is 5.91 Å². The molecular formula is C15H16N2O. The summed E-state index contributed by atoms with van der Waals surface area (Å²) in [5.41, 5.74) is 3.41. The van der Waals surface area contributed by atoms with E-state index in [1.165, 1.54) is 0 Å². The van der Waals surface area contributed by atoms with E-state index in [4.69, 9.17) is 0 Å². The Morgan fingerprint density at radius 2 is 1.67 bits per heavy atom. The molecule has 0 radical (unpaired) electrons. The number of nitrogens with zero attached hydrogens (tertiary/aromatic N) is 1. The van der Waals surface area contributed by atoms with Crippen molar-refractivity contribution in [1.29, 1.82) is 0 Å². The van der Waals surface area contributed by atoms with Gasteiger partial charge in [-0.05, 0) is 28.8 Å². The van der Waals surface area contributed by atoms with Crippen molar-refractivity contribution in [3.8, 4) is 11.1 Å². The molecule has 3 heteroatoms. The molecule has 0 aliphatic rings. The summed E-state index contributed by atoms with van der Waals surface area (Å²) in [6.45, 7) is 2.44. The highest BCUT2D eigenvalue weighted by Crippen LogP contribution is 2.18. The van der Waals surface area contributed by atoms with Crippen molar-refractivity contribution in [1.82, 2.24) is 10.3 Å². The molecule has 1 heterocycles. The number of carbonyl (C=O) groups is 1. The van der Waals surface area contributed by atoms with Crippen molar-refractivity contribution in [2.75, 3.05) is 0 Å². The fourth-order valence-corrected chi connectivity index (χ4v) is 1.69. The second-order valence-electron chi connectivity index (χ2n) is 4.06. The third-order valence-electron chi connectivity index (χ3n) is 2.78. The molecule has 0 fully saturated rings. The van der Waals surface area contributed by atoms with E-state index in [0.717, 1.165) is 16.7 Å². The highest BCUT2D eigenvalue weighted by molar-refractivity contribution is 5.75. The van der Waals surface area contributed by atoms with E-state index in [2.05, 4.69) is 22.4 Å². The molecule has 1 amide bonds. The predicted octanol–water partition coefficient (Wildman–Crippen LogP) is 2.77. The van der Waals surface area contributed by atoms with E-state index in [1.54, 1.807) is 12.4 Å². The first-order valence-corrected chi connectivity index (χ1v) is 6.05. The van der Waals surface area contributed by atoms with Gasteiger partial charge >= 0.3 is 0 Å². The van der Waals surface area contributed by atoms with Crippen LogP contribution in [0.1, 0.15) is 18.9 Å². The zero-order valence-corrected chi connectivity index (χ0v) is 10.4. The van der Waals surface area contributed by atoms with Gasteiger partial charge in [0, 0.05) is 25.4 Å². The predicted molar refractivity (Wildman–Crippen MR) is 71.8 cm³/mol. The largest absolute Gasteiger partial charge is 0.352 e. The summed E-state index contributed by atoms with van der Waals surface area (Å²) in [6, 6.07) is 12.1. The summed E-state index contributed by atoms with van der Waals surface area (Å²) in [7, 11) is 0. The summed E-state index contributed by atoms with van der Waals surface area (Å²) in [6.07, 6.45) is 4.09. The Morgan fingerprint density at radius 3 is 2.28 bits per heavy atom. The number of pyridine rings is 1. The number of hydrogen-bond donors (Lipinski definition) is 1. The first kappa shape index (κ1) is 12.3. The van der Waals surface area contributed by atoms with Gasteiger partial charge in [0.1, 0.15) is 0 Å². The van der Waals surface area contributed by atoms with Crippen LogP contribution >= 0.6 is 0 Å². The van der Waals surface area contributed by atoms with E-state index in [9.17, 15) is 4.79 Å². The number of amides is 1. The first-order valence-electron chi connectivity index (χ1n) is 6.05. The van der Waals surface area contributed by atoms with Crippen LogP contribution in [0.5, 0.6) is 0 Å². The van der Waals surface area contributed by atoms with Crippen molar-refractivity contribution in [3.05, 3.63) is 54.4 Å². The van der Waals surface area contributed by atoms with Crippen molar-refractivity contribution in [3.63, 3.8) is 0 Å². The van der Waals surface area contributed by atoms with Crippen LogP contribution in [0.4, 0.5) is 0 Å². The zero-order chi connectivity index (χ0) is 12.8. The fourth-order valence-electron chi connectivity index (χ4n) is 1.69. The molecule has 1 aromatic heterocycles. The van der Waals surface area contributed by atoms with Gasteiger partial charge in [-0.2, -0.15) is 0 Å². The quantitative estimate of drug-likeness (QED) is 0.892. The highest BCUT2D eigenvalue weighted by atomic mass is 16.1. The topological polar surface area (TPSA) is 42.0 Å². The van der Waals surface area contributed by atoms with E-state index in [0.29, 0.717) is 13.0 Å². The summed E-state index contributed by atoms with van der Waals surface area (Å²) >= 11 is 0. The maximum absolute atomic E-state index is 11.2. The molecule has 0 aliphatic carbocycles.